The molecule has 3 aromatic rings. The maximum atomic E-state index is 12.3. The number of morpholine rings is 1. The minimum atomic E-state index is -0.394. The molecule has 2 aromatic heterocycles. The summed E-state index contributed by atoms with van der Waals surface area (Å²) in [6, 6.07) is 9.54. The average Bonchev–Trinajstić information content (AvgIpc) is 3.27. The number of benzene rings is 1. The molecule has 37 heavy (non-hydrogen) atoms. The van der Waals surface area contributed by atoms with Crippen molar-refractivity contribution in [3.8, 4) is 11.4 Å². The lowest BCUT2D eigenvalue weighted by molar-refractivity contribution is -0.0699. The zero-order chi connectivity index (χ0) is 25.4. The van der Waals surface area contributed by atoms with E-state index in [2.05, 4.69) is 32.5 Å². The molecule has 2 saturated heterocycles. The average molecular weight is 506 g/mol. The van der Waals surface area contributed by atoms with Crippen LogP contribution in [0, 0.1) is 6.92 Å². The van der Waals surface area contributed by atoms with E-state index < -0.39 is 6.03 Å². The van der Waals surface area contributed by atoms with Gasteiger partial charge in [-0.15, -0.1) is 0 Å². The highest BCUT2D eigenvalue weighted by Gasteiger charge is 2.33. The first-order valence-electron chi connectivity index (χ1n) is 12.7. The van der Waals surface area contributed by atoms with Gasteiger partial charge in [0, 0.05) is 42.5 Å². The molecule has 2 fully saturated rings. The highest BCUT2D eigenvalue weighted by atomic mass is 16.5. The van der Waals surface area contributed by atoms with E-state index in [0.29, 0.717) is 42.3 Å². The summed E-state index contributed by atoms with van der Waals surface area (Å²) in [4.78, 5) is 27.3. The fourth-order valence-corrected chi connectivity index (χ4v) is 4.99. The van der Waals surface area contributed by atoms with Gasteiger partial charge in [0.15, 0.2) is 11.6 Å². The van der Waals surface area contributed by atoms with Crippen LogP contribution in [-0.2, 0) is 22.4 Å². The molecule has 2 N–H and O–H groups in total. The molecule has 0 bridgehead atoms. The molecular weight excluding hydrogens is 474 g/mol. The van der Waals surface area contributed by atoms with Crippen LogP contribution < -0.4 is 15.5 Å². The van der Waals surface area contributed by atoms with E-state index >= 15 is 0 Å². The maximum Gasteiger partial charge on any atom is 0.324 e. The summed E-state index contributed by atoms with van der Waals surface area (Å²) >= 11 is 0. The second kappa shape index (κ2) is 10.1. The summed E-state index contributed by atoms with van der Waals surface area (Å²) in [6.45, 7) is 9.52. The van der Waals surface area contributed by atoms with Gasteiger partial charge in [0.1, 0.15) is 11.6 Å². The van der Waals surface area contributed by atoms with Crippen molar-refractivity contribution in [2.24, 2.45) is 0 Å². The van der Waals surface area contributed by atoms with E-state index in [-0.39, 0.29) is 6.04 Å². The van der Waals surface area contributed by atoms with Gasteiger partial charge in [0.2, 0.25) is 0 Å². The number of aromatic nitrogens is 3. The van der Waals surface area contributed by atoms with Crippen molar-refractivity contribution in [3.05, 3.63) is 47.3 Å². The Morgan fingerprint density at radius 1 is 1.05 bits per heavy atom. The molecule has 0 saturated carbocycles. The zero-order valence-corrected chi connectivity index (χ0v) is 21.1. The first kappa shape index (κ1) is 23.8. The van der Waals surface area contributed by atoms with Crippen LogP contribution in [-0.4, -0.2) is 77.7 Å². The first-order chi connectivity index (χ1) is 18.0. The Balaban J connectivity index is 1.25. The van der Waals surface area contributed by atoms with Crippen LogP contribution >= 0.6 is 0 Å². The predicted octanol–water partition coefficient (Wildman–Crippen LogP) is 3.07. The number of fused-ring (bicyclic) bond motifs is 1. The summed E-state index contributed by atoms with van der Waals surface area (Å²) < 4.78 is 16.1. The highest BCUT2D eigenvalue weighted by Crippen LogP contribution is 2.32. The van der Waals surface area contributed by atoms with Gasteiger partial charge in [0.05, 0.1) is 44.2 Å². The molecule has 3 aliphatic rings. The summed E-state index contributed by atoms with van der Waals surface area (Å²) in [7, 11) is 0. The Bertz CT molecular complexity index is 1270. The normalized spacial score (nSPS) is 20.3. The number of hydrogen-bond donors (Lipinski definition) is 2. The minimum absolute atomic E-state index is 0.247. The third kappa shape index (κ3) is 5.02. The van der Waals surface area contributed by atoms with E-state index in [0.717, 1.165) is 56.3 Å². The molecule has 6 rings (SSSR count). The van der Waals surface area contributed by atoms with Crippen LogP contribution in [0.25, 0.3) is 11.4 Å². The number of nitrogens with zero attached hydrogens (tertiary/aromatic N) is 5. The lowest BCUT2D eigenvalue weighted by atomic mass is 10.0. The van der Waals surface area contributed by atoms with Crippen LogP contribution in [0.4, 0.5) is 22.1 Å². The minimum Gasteiger partial charge on any atom is -0.378 e. The van der Waals surface area contributed by atoms with Crippen molar-refractivity contribution in [2.45, 2.75) is 38.9 Å². The second-order valence-corrected chi connectivity index (χ2v) is 9.80. The number of anilines is 3. The molecule has 11 heteroatoms. The second-order valence-electron chi connectivity index (χ2n) is 9.80. The van der Waals surface area contributed by atoms with Crippen molar-refractivity contribution in [1.82, 2.24) is 20.0 Å². The van der Waals surface area contributed by atoms with E-state index in [9.17, 15) is 4.79 Å². The van der Waals surface area contributed by atoms with E-state index in [4.69, 9.17) is 24.0 Å². The highest BCUT2D eigenvalue weighted by molar-refractivity contribution is 5.99. The number of amides is 2. The molecule has 5 heterocycles. The fraction of sp³-hybridized carbons (Fsp3) is 0.462. The SMILES string of the molecule is Cc1cc(NC(=O)Nc2ccc(-c3nc4c(c(N5CCOC[C@@H]5C)n3)CCN(C3COC3)C4)cc2)no1. The number of urea groups is 1. The van der Waals surface area contributed by atoms with Gasteiger partial charge in [-0.3, -0.25) is 10.2 Å². The quantitative estimate of drug-likeness (QED) is 0.539. The summed E-state index contributed by atoms with van der Waals surface area (Å²) in [6.07, 6.45) is 0.925. The Morgan fingerprint density at radius 2 is 1.89 bits per heavy atom. The maximum absolute atomic E-state index is 12.3. The summed E-state index contributed by atoms with van der Waals surface area (Å²) in [5.74, 6) is 2.69. The molecule has 0 spiro atoms. The molecule has 1 aromatic carbocycles. The van der Waals surface area contributed by atoms with Crippen molar-refractivity contribution < 1.29 is 18.8 Å². The summed E-state index contributed by atoms with van der Waals surface area (Å²) in [5, 5.41) is 9.25. The molecule has 0 radical (unpaired) electrons. The fourth-order valence-electron chi connectivity index (χ4n) is 4.99. The van der Waals surface area contributed by atoms with Gasteiger partial charge in [-0.2, -0.15) is 0 Å². The summed E-state index contributed by atoms with van der Waals surface area (Å²) in [5.41, 5.74) is 3.87. The molecule has 0 unspecified atom stereocenters. The smallest absolute Gasteiger partial charge is 0.324 e. The van der Waals surface area contributed by atoms with E-state index in [1.165, 1.54) is 5.56 Å². The van der Waals surface area contributed by atoms with Crippen molar-refractivity contribution >= 4 is 23.4 Å². The molecule has 1 atom stereocenters. The standard InChI is InChI=1S/C26H31N7O4/c1-16-13-35-10-9-33(16)25-21-7-8-32(20-14-36-15-20)12-22(21)28-24(30-25)18-3-5-19(6-4-18)27-26(34)29-23-11-17(2)37-31-23/h3-6,11,16,20H,7-10,12-15H2,1-2H3,(H2,27,29,31,34)/t16-/m0/s1. The zero-order valence-electron chi connectivity index (χ0n) is 21.1. The Hall–Kier alpha value is -3.54. The van der Waals surface area contributed by atoms with Crippen LogP contribution in [0.2, 0.25) is 0 Å². The monoisotopic (exact) mass is 505 g/mol. The predicted molar refractivity (Wildman–Crippen MR) is 138 cm³/mol. The van der Waals surface area contributed by atoms with Crippen LogP contribution in [0.1, 0.15) is 23.9 Å². The molecule has 2 amide bonds. The van der Waals surface area contributed by atoms with Crippen LogP contribution in [0.3, 0.4) is 0 Å². The molecule has 3 aliphatic heterocycles. The molecule has 0 aliphatic carbocycles. The van der Waals surface area contributed by atoms with E-state index in [1.54, 1.807) is 13.0 Å². The Morgan fingerprint density at radius 3 is 2.59 bits per heavy atom. The van der Waals surface area contributed by atoms with E-state index in [1.807, 2.05) is 24.3 Å². The topological polar surface area (TPSA) is 118 Å². The largest absolute Gasteiger partial charge is 0.378 e. The lowest BCUT2D eigenvalue weighted by Crippen LogP contribution is -2.51. The van der Waals surface area contributed by atoms with Gasteiger partial charge in [-0.25, -0.2) is 14.8 Å². The lowest BCUT2D eigenvalue weighted by Gasteiger charge is -2.41. The Labute approximate surface area is 215 Å². The third-order valence-electron chi connectivity index (χ3n) is 7.12. The number of carbonyl (C=O) groups excluding carboxylic acids is 1. The van der Waals surface area contributed by atoms with Crippen LogP contribution in [0.5, 0.6) is 0 Å². The van der Waals surface area contributed by atoms with Crippen LogP contribution in [0.15, 0.2) is 34.9 Å². The Kier molecular flexibility index (Phi) is 6.49. The van der Waals surface area contributed by atoms with Gasteiger partial charge in [0.25, 0.3) is 0 Å². The molecule has 11 nitrogen and oxygen atoms in total. The number of aryl methyl sites for hydroxylation is 1. The van der Waals surface area contributed by atoms with Gasteiger partial charge in [-0.05, 0) is 44.5 Å². The van der Waals surface area contributed by atoms with Gasteiger partial charge in [-0.1, -0.05) is 5.16 Å². The van der Waals surface area contributed by atoms with Crippen molar-refractivity contribution in [1.29, 1.82) is 0 Å². The number of nitrogens with one attached hydrogen (secondary N) is 2. The van der Waals surface area contributed by atoms with Gasteiger partial charge < -0.3 is 24.2 Å². The molecular formula is C26H31N7O4. The molecule has 194 valence electrons. The number of carbonyl (C=O) groups is 1. The number of ether oxygens (including phenoxy) is 2. The number of rotatable bonds is 5. The van der Waals surface area contributed by atoms with Gasteiger partial charge >= 0.3 is 6.03 Å². The first-order valence-corrected chi connectivity index (χ1v) is 12.7. The number of hydrogen-bond acceptors (Lipinski definition) is 9. The van der Waals surface area contributed by atoms with Crippen molar-refractivity contribution in [2.75, 3.05) is 55.1 Å². The van der Waals surface area contributed by atoms with Crippen molar-refractivity contribution in [3.63, 3.8) is 0 Å². The third-order valence-corrected chi connectivity index (χ3v) is 7.12.